The van der Waals surface area contributed by atoms with Crippen molar-refractivity contribution < 1.29 is 38.1 Å². The number of aliphatic hydroxyl groups excluding tert-OH is 2. The molecule has 0 unspecified atom stereocenters. The number of aliphatic hydroxyl groups is 2. The molecule has 10 heteroatoms. The first kappa shape index (κ1) is 32.3. The van der Waals surface area contributed by atoms with Crippen molar-refractivity contribution >= 4 is 11.8 Å². The van der Waals surface area contributed by atoms with Crippen LogP contribution in [0.15, 0.2) is 36.4 Å². The molecular formula is C29H40F2N2O6. The summed E-state index contributed by atoms with van der Waals surface area (Å²) in [6, 6.07) is 6.57. The van der Waals surface area contributed by atoms with Crippen LogP contribution in [0.1, 0.15) is 58.5 Å². The van der Waals surface area contributed by atoms with Gasteiger partial charge in [0, 0.05) is 37.4 Å². The van der Waals surface area contributed by atoms with Gasteiger partial charge in [0.1, 0.15) is 23.8 Å². The minimum atomic E-state index is -1.53. The molecule has 0 aliphatic carbocycles. The number of carbonyl (C=O) groups excluding carboxylic acids is 2. The van der Waals surface area contributed by atoms with Gasteiger partial charge >= 0.3 is 0 Å². The van der Waals surface area contributed by atoms with Gasteiger partial charge < -0.3 is 29.9 Å². The molecule has 3 N–H and O–H groups in total. The van der Waals surface area contributed by atoms with E-state index in [9.17, 15) is 28.6 Å². The quantitative estimate of drug-likeness (QED) is 0.277. The van der Waals surface area contributed by atoms with Gasteiger partial charge in [-0.15, -0.1) is 0 Å². The molecule has 0 aliphatic rings. The van der Waals surface area contributed by atoms with E-state index in [4.69, 9.17) is 9.47 Å². The molecular weight excluding hydrogens is 510 g/mol. The molecule has 0 aliphatic heterocycles. The molecule has 2 aromatic carbocycles. The van der Waals surface area contributed by atoms with Crippen molar-refractivity contribution in [3.8, 4) is 0 Å². The molecule has 2 amide bonds. The molecule has 0 fully saturated rings. The maximum atomic E-state index is 13.8. The highest BCUT2D eigenvalue weighted by Gasteiger charge is 2.29. The SMILES string of the molecule is CCCN(CCC)C(=O)c1cc(C)cc(C(=O)N[C@@H](Cc2cc(F)cc(F)c2)[C@@H](O)[C@@H](O)COCCOC)c1. The molecule has 3 atom stereocenters. The van der Waals surface area contributed by atoms with Crippen molar-refractivity contribution in [1.29, 1.82) is 0 Å². The Labute approximate surface area is 228 Å². The van der Waals surface area contributed by atoms with Gasteiger partial charge in [-0.2, -0.15) is 0 Å². The normalized spacial score (nSPS) is 13.5. The Bertz CT molecular complexity index is 1060. The van der Waals surface area contributed by atoms with Crippen LogP contribution in [0.4, 0.5) is 8.78 Å². The van der Waals surface area contributed by atoms with Crippen molar-refractivity contribution in [3.63, 3.8) is 0 Å². The molecule has 0 heterocycles. The highest BCUT2D eigenvalue weighted by atomic mass is 19.1. The molecule has 39 heavy (non-hydrogen) atoms. The van der Waals surface area contributed by atoms with Crippen LogP contribution in [0.25, 0.3) is 0 Å². The number of amides is 2. The third-order valence-corrected chi connectivity index (χ3v) is 6.08. The van der Waals surface area contributed by atoms with Crippen LogP contribution in [-0.4, -0.2) is 85.2 Å². The number of halogens is 2. The molecule has 0 radical (unpaired) electrons. The first-order valence-electron chi connectivity index (χ1n) is 13.2. The van der Waals surface area contributed by atoms with Gasteiger partial charge in [0.05, 0.1) is 25.9 Å². The summed E-state index contributed by atoms with van der Waals surface area (Å²) in [6.45, 7) is 7.13. The zero-order valence-electron chi connectivity index (χ0n) is 23.1. The highest BCUT2D eigenvalue weighted by Crippen LogP contribution is 2.17. The van der Waals surface area contributed by atoms with E-state index in [1.54, 1.807) is 24.0 Å². The maximum absolute atomic E-state index is 13.8. The fourth-order valence-corrected chi connectivity index (χ4v) is 4.28. The van der Waals surface area contributed by atoms with E-state index in [1.165, 1.54) is 13.2 Å². The summed E-state index contributed by atoms with van der Waals surface area (Å²) in [5.74, 6) is -2.41. The van der Waals surface area contributed by atoms with Crippen LogP contribution in [0, 0.1) is 18.6 Å². The number of nitrogens with zero attached hydrogens (tertiary/aromatic N) is 1. The van der Waals surface area contributed by atoms with Crippen molar-refractivity contribution in [2.75, 3.05) is 40.0 Å². The van der Waals surface area contributed by atoms with Crippen LogP contribution in [0.5, 0.6) is 0 Å². The number of rotatable bonds is 16. The average Bonchev–Trinajstić information content (AvgIpc) is 2.88. The lowest BCUT2D eigenvalue weighted by atomic mass is 9.96. The van der Waals surface area contributed by atoms with Crippen molar-refractivity contribution in [2.45, 2.75) is 58.3 Å². The molecule has 0 saturated heterocycles. The van der Waals surface area contributed by atoms with Gasteiger partial charge in [-0.25, -0.2) is 8.78 Å². The second-order valence-electron chi connectivity index (χ2n) is 9.57. The zero-order valence-corrected chi connectivity index (χ0v) is 23.1. The summed E-state index contributed by atoms with van der Waals surface area (Å²) in [6.07, 6.45) is -1.52. The van der Waals surface area contributed by atoms with Gasteiger partial charge in [0.2, 0.25) is 0 Å². The number of nitrogens with one attached hydrogen (secondary N) is 1. The third-order valence-electron chi connectivity index (χ3n) is 6.08. The Kier molecular flexibility index (Phi) is 13.5. The van der Waals surface area contributed by atoms with Crippen molar-refractivity contribution in [2.24, 2.45) is 0 Å². The number of benzene rings is 2. The average molecular weight is 551 g/mol. The van der Waals surface area contributed by atoms with E-state index in [-0.39, 0.29) is 43.3 Å². The fourth-order valence-electron chi connectivity index (χ4n) is 4.28. The molecule has 0 aromatic heterocycles. The number of aryl methyl sites for hydroxylation is 1. The Morgan fingerprint density at radius 1 is 0.949 bits per heavy atom. The molecule has 216 valence electrons. The lowest BCUT2D eigenvalue weighted by molar-refractivity contribution is -0.0568. The van der Waals surface area contributed by atoms with Crippen LogP contribution in [-0.2, 0) is 15.9 Å². The Balaban J connectivity index is 2.31. The second-order valence-corrected chi connectivity index (χ2v) is 9.57. The number of carbonyl (C=O) groups is 2. The molecule has 0 bridgehead atoms. The molecule has 2 rings (SSSR count). The van der Waals surface area contributed by atoms with Crippen LogP contribution in [0.2, 0.25) is 0 Å². The van der Waals surface area contributed by atoms with Gasteiger partial charge in [-0.05, 0) is 67.6 Å². The summed E-state index contributed by atoms with van der Waals surface area (Å²) in [7, 11) is 1.49. The summed E-state index contributed by atoms with van der Waals surface area (Å²) in [4.78, 5) is 28.2. The van der Waals surface area contributed by atoms with E-state index >= 15 is 0 Å². The molecule has 0 spiro atoms. The van der Waals surface area contributed by atoms with E-state index in [0.29, 0.717) is 24.2 Å². The fraction of sp³-hybridized carbons (Fsp3) is 0.517. The minimum Gasteiger partial charge on any atom is -0.388 e. The summed E-state index contributed by atoms with van der Waals surface area (Å²) >= 11 is 0. The number of hydrogen-bond donors (Lipinski definition) is 3. The Morgan fingerprint density at radius 2 is 1.56 bits per heavy atom. The van der Waals surface area contributed by atoms with Gasteiger partial charge in [0.15, 0.2) is 0 Å². The lowest BCUT2D eigenvalue weighted by Crippen LogP contribution is -2.51. The lowest BCUT2D eigenvalue weighted by Gasteiger charge is -2.28. The van der Waals surface area contributed by atoms with Gasteiger partial charge in [0.25, 0.3) is 11.8 Å². The van der Waals surface area contributed by atoms with Crippen molar-refractivity contribution in [3.05, 3.63) is 70.3 Å². The number of hydrogen-bond acceptors (Lipinski definition) is 6. The topological polar surface area (TPSA) is 108 Å². The largest absolute Gasteiger partial charge is 0.388 e. The zero-order chi connectivity index (χ0) is 28.9. The van der Waals surface area contributed by atoms with Crippen LogP contribution < -0.4 is 5.32 Å². The minimum absolute atomic E-state index is 0.172. The summed E-state index contributed by atoms with van der Waals surface area (Å²) in [5, 5.41) is 24.1. The highest BCUT2D eigenvalue weighted by molar-refractivity contribution is 6.00. The smallest absolute Gasteiger partial charge is 0.253 e. The Hall–Kier alpha value is -2.92. The van der Waals surface area contributed by atoms with Gasteiger partial charge in [-0.1, -0.05) is 13.8 Å². The van der Waals surface area contributed by atoms with Crippen LogP contribution >= 0.6 is 0 Å². The Morgan fingerprint density at radius 3 is 2.15 bits per heavy atom. The monoisotopic (exact) mass is 550 g/mol. The van der Waals surface area contributed by atoms with Gasteiger partial charge in [-0.3, -0.25) is 9.59 Å². The number of methoxy groups -OCH3 is 1. The number of ether oxygens (including phenoxy) is 2. The third kappa shape index (κ3) is 10.3. The van der Waals surface area contributed by atoms with E-state index in [1.807, 2.05) is 13.8 Å². The van der Waals surface area contributed by atoms with E-state index in [2.05, 4.69) is 5.32 Å². The molecule has 0 saturated carbocycles. The standard InChI is InChI=1S/C29H40F2N2O6/c1-5-7-33(8-6-2)29(37)22-12-19(3)11-21(16-22)28(36)32-25(15-20-13-23(30)17-24(31)14-20)27(35)26(34)18-39-10-9-38-4/h11-14,16-17,25-27,34-35H,5-10,15,18H2,1-4H3,(H,32,36)/t25-,26-,27+/m0/s1. The van der Waals surface area contributed by atoms with Crippen LogP contribution in [0.3, 0.4) is 0 Å². The maximum Gasteiger partial charge on any atom is 0.253 e. The first-order chi connectivity index (χ1) is 18.6. The predicted octanol–water partition coefficient (Wildman–Crippen LogP) is 3.26. The molecule has 8 nitrogen and oxygen atoms in total. The summed E-state index contributed by atoms with van der Waals surface area (Å²) in [5.41, 5.74) is 1.41. The predicted molar refractivity (Wildman–Crippen MR) is 144 cm³/mol. The van der Waals surface area contributed by atoms with E-state index < -0.39 is 35.8 Å². The van der Waals surface area contributed by atoms with E-state index in [0.717, 1.165) is 31.0 Å². The molecule has 2 aromatic rings. The first-order valence-corrected chi connectivity index (χ1v) is 13.2. The second kappa shape index (κ2) is 16.2. The summed E-state index contributed by atoms with van der Waals surface area (Å²) < 4.78 is 37.9. The van der Waals surface area contributed by atoms with Crippen molar-refractivity contribution in [1.82, 2.24) is 10.2 Å².